The molecular formula is C19H21NO5. The van der Waals surface area contributed by atoms with E-state index in [0.717, 1.165) is 11.3 Å². The van der Waals surface area contributed by atoms with Crippen molar-refractivity contribution in [2.75, 3.05) is 19.5 Å². The molecule has 0 aliphatic rings. The van der Waals surface area contributed by atoms with Gasteiger partial charge in [0, 0.05) is 18.2 Å². The number of ether oxygens (including phenoxy) is 2. The number of anilines is 1. The van der Waals surface area contributed by atoms with Crippen LogP contribution in [0.2, 0.25) is 0 Å². The topological polar surface area (TPSA) is 84.9 Å². The average molecular weight is 343 g/mol. The van der Waals surface area contributed by atoms with Crippen LogP contribution in [0.5, 0.6) is 11.5 Å². The Bertz CT molecular complexity index is 772. The number of carboxylic acids is 1. The van der Waals surface area contributed by atoms with E-state index in [4.69, 9.17) is 14.6 Å². The second-order valence-electron chi connectivity index (χ2n) is 5.65. The van der Waals surface area contributed by atoms with Gasteiger partial charge >= 0.3 is 5.97 Å². The van der Waals surface area contributed by atoms with Crippen LogP contribution in [0.4, 0.5) is 5.69 Å². The molecule has 2 aromatic rings. The summed E-state index contributed by atoms with van der Waals surface area (Å²) in [5.74, 6) is -0.290. The Morgan fingerprint density at radius 2 is 1.88 bits per heavy atom. The lowest BCUT2D eigenvalue weighted by Gasteiger charge is -2.14. The molecule has 1 amide bonds. The molecule has 0 aliphatic carbocycles. The van der Waals surface area contributed by atoms with Crippen molar-refractivity contribution in [2.24, 2.45) is 0 Å². The van der Waals surface area contributed by atoms with Crippen LogP contribution in [-0.2, 0) is 4.79 Å². The molecule has 2 N–H and O–H groups in total. The number of carbonyl (C=O) groups is 2. The van der Waals surface area contributed by atoms with E-state index in [1.165, 1.54) is 19.2 Å². The van der Waals surface area contributed by atoms with Gasteiger partial charge in [-0.2, -0.15) is 0 Å². The van der Waals surface area contributed by atoms with Crippen LogP contribution >= 0.6 is 0 Å². The van der Waals surface area contributed by atoms with Crippen LogP contribution in [0.3, 0.4) is 0 Å². The first-order chi connectivity index (χ1) is 11.9. The van der Waals surface area contributed by atoms with Gasteiger partial charge in [0.05, 0.1) is 14.2 Å². The molecule has 0 spiro atoms. The minimum absolute atomic E-state index is 0.00953. The third-order valence-electron chi connectivity index (χ3n) is 3.87. The van der Waals surface area contributed by atoms with Gasteiger partial charge in [0.1, 0.15) is 17.1 Å². The maximum atomic E-state index is 12.3. The SMILES string of the molecule is COc1cccc(C(C)CC(=O)Nc2ccc(C(=O)O)c(OC)c2)c1. The van der Waals surface area contributed by atoms with Gasteiger partial charge in [0.2, 0.25) is 5.91 Å². The van der Waals surface area contributed by atoms with Gasteiger partial charge in [0.15, 0.2) is 0 Å². The van der Waals surface area contributed by atoms with E-state index in [9.17, 15) is 9.59 Å². The summed E-state index contributed by atoms with van der Waals surface area (Å²) < 4.78 is 10.3. The number of hydrogen-bond acceptors (Lipinski definition) is 4. The lowest BCUT2D eigenvalue weighted by atomic mass is 9.97. The van der Waals surface area contributed by atoms with Gasteiger partial charge in [-0.1, -0.05) is 19.1 Å². The van der Waals surface area contributed by atoms with Gasteiger partial charge in [-0.05, 0) is 35.7 Å². The Morgan fingerprint density at radius 1 is 1.12 bits per heavy atom. The minimum Gasteiger partial charge on any atom is -0.497 e. The Hall–Kier alpha value is -3.02. The summed E-state index contributed by atoms with van der Waals surface area (Å²) in [6.07, 6.45) is 0.288. The van der Waals surface area contributed by atoms with E-state index in [2.05, 4.69) is 5.32 Å². The van der Waals surface area contributed by atoms with Crippen LogP contribution in [0.25, 0.3) is 0 Å². The largest absolute Gasteiger partial charge is 0.497 e. The van der Waals surface area contributed by atoms with Gasteiger partial charge in [-0.3, -0.25) is 4.79 Å². The predicted octanol–water partition coefficient (Wildman–Crippen LogP) is 3.53. The summed E-state index contributed by atoms with van der Waals surface area (Å²) in [7, 11) is 2.99. The summed E-state index contributed by atoms with van der Waals surface area (Å²) in [4.78, 5) is 23.4. The molecule has 0 saturated carbocycles. The Kier molecular flexibility index (Phi) is 6.00. The first kappa shape index (κ1) is 18.3. The zero-order valence-electron chi connectivity index (χ0n) is 14.4. The lowest BCUT2D eigenvalue weighted by molar-refractivity contribution is -0.116. The Balaban J connectivity index is 2.05. The third-order valence-corrected chi connectivity index (χ3v) is 3.87. The van der Waals surface area contributed by atoms with Crippen molar-refractivity contribution < 1.29 is 24.2 Å². The third kappa shape index (κ3) is 4.73. The predicted molar refractivity (Wildman–Crippen MR) is 94.6 cm³/mol. The number of benzene rings is 2. The van der Waals surface area contributed by atoms with Crippen molar-refractivity contribution in [1.82, 2.24) is 0 Å². The molecule has 25 heavy (non-hydrogen) atoms. The molecule has 0 aliphatic heterocycles. The van der Waals surface area contributed by atoms with Crippen LogP contribution in [0.1, 0.15) is 35.2 Å². The second-order valence-corrected chi connectivity index (χ2v) is 5.65. The molecule has 1 atom stereocenters. The Labute approximate surface area is 146 Å². The molecule has 6 nitrogen and oxygen atoms in total. The number of nitrogens with one attached hydrogen (secondary N) is 1. The lowest BCUT2D eigenvalue weighted by Crippen LogP contribution is -2.15. The fourth-order valence-corrected chi connectivity index (χ4v) is 2.50. The molecule has 1 unspecified atom stereocenters. The first-order valence-corrected chi connectivity index (χ1v) is 7.79. The van der Waals surface area contributed by atoms with Crippen LogP contribution in [0, 0.1) is 0 Å². The zero-order valence-corrected chi connectivity index (χ0v) is 14.4. The summed E-state index contributed by atoms with van der Waals surface area (Å²) >= 11 is 0. The van der Waals surface area contributed by atoms with Crippen molar-refractivity contribution in [3.05, 3.63) is 53.6 Å². The van der Waals surface area contributed by atoms with Gasteiger partial charge in [-0.25, -0.2) is 4.79 Å². The summed E-state index contributed by atoms with van der Waals surface area (Å²) in [6.45, 7) is 1.96. The van der Waals surface area contributed by atoms with Crippen molar-refractivity contribution >= 4 is 17.6 Å². The molecule has 0 fully saturated rings. The van der Waals surface area contributed by atoms with E-state index < -0.39 is 5.97 Å². The number of aromatic carboxylic acids is 1. The molecular weight excluding hydrogens is 322 g/mol. The highest BCUT2D eigenvalue weighted by atomic mass is 16.5. The van der Waals surface area contributed by atoms with Gasteiger partial charge in [-0.15, -0.1) is 0 Å². The summed E-state index contributed by atoms with van der Waals surface area (Å²) in [5, 5.41) is 11.8. The number of hydrogen-bond donors (Lipinski definition) is 2. The first-order valence-electron chi connectivity index (χ1n) is 7.79. The van der Waals surface area contributed by atoms with E-state index in [1.807, 2.05) is 31.2 Å². The highest BCUT2D eigenvalue weighted by Gasteiger charge is 2.15. The molecule has 2 rings (SSSR count). The fraction of sp³-hybridized carbons (Fsp3) is 0.263. The minimum atomic E-state index is -1.08. The monoisotopic (exact) mass is 343 g/mol. The average Bonchev–Trinajstić information content (AvgIpc) is 2.61. The van der Waals surface area contributed by atoms with Crippen molar-refractivity contribution in [2.45, 2.75) is 19.3 Å². The molecule has 2 aromatic carbocycles. The zero-order chi connectivity index (χ0) is 18.4. The molecule has 132 valence electrons. The standard InChI is InChI=1S/C19H21NO5/c1-12(13-5-4-6-15(10-13)24-2)9-18(21)20-14-7-8-16(19(22)23)17(11-14)25-3/h4-8,10-12H,9H2,1-3H3,(H,20,21)(H,22,23). The van der Waals surface area contributed by atoms with Crippen molar-refractivity contribution in [3.8, 4) is 11.5 Å². The highest BCUT2D eigenvalue weighted by molar-refractivity contribution is 5.94. The van der Waals surface area contributed by atoms with Crippen LogP contribution in [0.15, 0.2) is 42.5 Å². The summed E-state index contributed by atoms with van der Waals surface area (Å²) in [5.41, 5.74) is 1.54. The molecule has 0 radical (unpaired) electrons. The molecule has 0 heterocycles. The molecule has 0 bridgehead atoms. The van der Waals surface area contributed by atoms with E-state index >= 15 is 0 Å². The van der Waals surface area contributed by atoms with E-state index in [-0.39, 0.29) is 29.6 Å². The number of rotatable bonds is 7. The van der Waals surface area contributed by atoms with Gasteiger partial charge in [0.25, 0.3) is 0 Å². The van der Waals surface area contributed by atoms with Crippen LogP contribution in [-0.4, -0.2) is 31.2 Å². The van der Waals surface area contributed by atoms with Gasteiger partial charge < -0.3 is 19.9 Å². The van der Waals surface area contributed by atoms with Crippen molar-refractivity contribution in [3.63, 3.8) is 0 Å². The smallest absolute Gasteiger partial charge is 0.339 e. The second kappa shape index (κ2) is 8.19. The quantitative estimate of drug-likeness (QED) is 0.803. The maximum absolute atomic E-state index is 12.3. The molecule has 0 saturated heterocycles. The number of carboxylic acid groups (broad SMARTS) is 1. The fourth-order valence-electron chi connectivity index (χ4n) is 2.50. The van der Waals surface area contributed by atoms with E-state index in [0.29, 0.717) is 5.69 Å². The van der Waals surface area contributed by atoms with Crippen molar-refractivity contribution in [1.29, 1.82) is 0 Å². The number of amides is 1. The Morgan fingerprint density at radius 3 is 2.52 bits per heavy atom. The van der Waals surface area contributed by atoms with Crippen LogP contribution < -0.4 is 14.8 Å². The normalized spacial score (nSPS) is 11.5. The maximum Gasteiger partial charge on any atom is 0.339 e. The number of methoxy groups -OCH3 is 2. The van der Waals surface area contributed by atoms with E-state index in [1.54, 1.807) is 13.2 Å². The molecule has 0 aromatic heterocycles. The molecule has 6 heteroatoms. The highest BCUT2D eigenvalue weighted by Crippen LogP contribution is 2.26. The summed E-state index contributed by atoms with van der Waals surface area (Å²) in [6, 6.07) is 12.0. The number of carbonyl (C=O) groups excluding carboxylic acids is 1.